The zero-order valence-corrected chi connectivity index (χ0v) is 17.5. The summed E-state index contributed by atoms with van der Waals surface area (Å²) in [7, 11) is 0. The maximum absolute atomic E-state index is 12.4. The van der Waals surface area contributed by atoms with Crippen LogP contribution >= 0.6 is 15.9 Å². The predicted octanol–water partition coefficient (Wildman–Crippen LogP) is 4.05. The summed E-state index contributed by atoms with van der Waals surface area (Å²) < 4.78 is 6.55. The van der Waals surface area contributed by atoms with Gasteiger partial charge in [0.1, 0.15) is 11.6 Å². The fourth-order valence-corrected chi connectivity index (χ4v) is 3.38. The van der Waals surface area contributed by atoms with Crippen LogP contribution in [-0.2, 0) is 11.3 Å². The monoisotopic (exact) mass is 463 g/mol. The van der Waals surface area contributed by atoms with Gasteiger partial charge in [-0.2, -0.15) is 0 Å². The van der Waals surface area contributed by atoms with Gasteiger partial charge in [-0.15, -0.1) is 0 Å². The Morgan fingerprint density at radius 1 is 1.03 bits per heavy atom. The topological polar surface area (TPSA) is 84.1 Å². The maximum Gasteiger partial charge on any atom is 0.259 e. The molecule has 30 heavy (non-hydrogen) atoms. The molecule has 0 aliphatic carbocycles. The van der Waals surface area contributed by atoms with Gasteiger partial charge in [-0.25, -0.2) is 4.98 Å². The van der Waals surface area contributed by atoms with E-state index in [-0.39, 0.29) is 18.1 Å². The quantitative estimate of drug-likeness (QED) is 0.451. The van der Waals surface area contributed by atoms with Crippen molar-refractivity contribution in [3.05, 3.63) is 93.2 Å². The van der Waals surface area contributed by atoms with Gasteiger partial charge in [0.25, 0.3) is 11.5 Å². The number of benzene rings is 3. The summed E-state index contributed by atoms with van der Waals surface area (Å²) in [6, 6.07) is 22.1. The molecule has 0 aliphatic heterocycles. The van der Waals surface area contributed by atoms with Crippen molar-refractivity contribution in [1.82, 2.24) is 15.3 Å². The van der Waals surface area contributed by atoms with Crippen LogP contribution in [-0.4, -0.2) is 22.5 Å². The van der Waals surface area contributed by atoms with Crippen LogP contribution in [0.4, 0.5) is 0 Å². The van der Waals surface area contributed by atoms with Crippen molar-refractivity contribution in [3.8, 4) is 17.1 Å². The number of hydrogen-bond donors (Lipinski definition) is 2. The van der Waals surface area contributed by atoms with E-state index in [1.807, 2.05) is 36.4 Å². The summed E-state index contributed by atoms with van der Waals surface area (Å²) in [4.78, 5) is 32.0. The zero-order valence-electron chi connectivity index (χ0n) is 15.9. The Morgan fingerprint density at radius 3 is 2.63 bits per heavy atom. The number of halogens is 1. The molecule has 0 unspecified atom stereocenters. The second kappa shape index (κ2) is 8.92. The first-order chi connectivity index (χ1) is 14.6. The molecule has 1 amide bonds. The summed E-state index contributed by atoms with van der Waals surface area (Å²) in [5.74, 6) is 0.582. The van der Waals surface area contributed by atoms with Gasteiger partial charge in [0.05, 0.1) is 16.5 Å². The average molecular weight is 464 g/mol. The van der Waals surface area contributed by atoms with E-state index < -0.39 is 0 Å². The highest BCUT2D eigenvalue weighted by atomic mass is 79.9. The van der Waals surface area contributed by atoms with E-state index in [9.17, 15) is 9.59 Å². The Balaban J connectivity index is 1.54. The Morgan fingerprint density at radius 2 is 1.80 bits per heavy atom. The van der Waals surface area contributed by atoms with Gasteiger partial charge < -0.3 is 15.0 Å². The van der Waals surface area contributed by atoms with Gasteiger partial charge in [-0.1, -0.05) is 58.4 Å². The van der Waals surface area contributed by atoms with Gasteiger partial charge in [-0.3, -0.25) is 9.59 Å². The number of nitrogens with one attached hydrogen (secondary N) is 2. The molecule has 1 aromatic heterocycles. The summed E-state index contributed by atoms with van der Waals surface area (Å²) in [6.45, 7) is 0.273. The molecule has 0 bridgehead atoms. The molecule has 150 valence electrons. The van der Waals surface area contributed by atoms with Crippen molar-refractivity contribution in [2.24, 2.45) is 0 Å². The number of rotatable bonds is 6. The highest BCUT2D eigenvalue weighted by Crippen LogP contribution is 2.30. The summed E-state index contributed by atoms with van der Waals surface area (Å²) >= 11 is 3.44. The van der Waals surface area contributed by atoms with E-state index in [1.165, 1.54) is 0 Å². The number of carbonyl (C=O) groups is 1. The average Bonchev–Trinajstić information content (AvgIpc) is 2.77. The number of nitrogens with zero attached hydrogens (tertiary/aromatic N) is 1. The number of H-pyrrole nitrogens is 1. The van der Waals surface area contributed by atoms with Crippen molar-refractivity contribution >= 4 is 32.7 Å². The largest absolute Gasteiger partial charge is 0.483 e. The van der Waals surface area contributed by atoms with Crippen molar-refractivity contribution < 1.29 is 9.53 Å². The van der Waals surface area contributed by atoms with Crippen LogP contribution in [0.5, 0.6) is 5.75 Å². The number of ether oxygens (including phenoxy) is 1. The van der Waals surface area contributed by atoms with E-state index >= 15 is 0 Å². The molecule has 0 radical (unpaired) electrons. The van der Waals surface area contributed by atoms with Crippen LogP contribution in [0.15, 0.2) is 82.1 Å². The van der Waals surface area contributed by atoms with E-state index in [2.05, 4.69) is 31.2 Å². The Labute approximate surface area is 181 Å². The fraction of sp³-hybridized carbons (Fsp3) is 0.0870. The number of fused-ring (bicyclic) bond motifs is 1. The van der Waals surface area contributed by atoms with E-state index in [4.69, 9.17) is 4.74 Å². The number of carbonyl (C=O) groups excluding carboxylic acids is 1. The van der Waals surface area contributed by atoms with E-state index in [1.54, 1.807) is 36.4 Å². The Hall–Kier alpha value is -3.45. The predicted molar refractivity (Wildman–Crippen MR) is 119 cm³/mol. The minimum Gasteiger partial charge on any atom is -0.483 e. The molecule has 0 saturated carbocycles. The normalized spacial score (nSPS) is 10.7. The first-order valence-corrected chi connectivity index (χ1v) is 10.1. The number of aromatic nitrogens is 2. The maximum atomic E-state index is 12.4. The molecule has 0 aliphatic rings. The zero-order chi connectivity index (χ0) is 20.9. The lowest BCUT2D eigenvalue weighted by Crippen LogP contribution is -2.28. The van der Waals surface area contributed by atoms with E-state index in [0.717, 1.165) is 10.0 Å². The highest BCUT2D eigenvalue weighted by Gasteiger charge is 2.13. The van der Waals surface area contributed by atoms with Crippen molar-refractivity contribution in [1.29, 1.82) is 0 Å². The van der Waals surface area contributed by atoms with Crippen molar-refractivity contribution in [2.75, 3.05) is 6.61 Å². The fourth-order valence-electron chi connectivity index (χ4n) is 3.02. The molecule has 7 heteroatoms. The lowest BCUT2D eigenvalue weighted by atomic mass is 10.1. The van der Waals surface area contributed by atoms with Crippen LogP contribution in [0.3, 0.4) is 0 Å². The third-order valence-electron chi connectivity index (χ3n) is 4.50. The first-order valence-electron chi connectivity index (χ1n) is 9.32. The molecule has 0 spiro atoms. The number of amides is 1. The molecular formula is C23H18BrN3O3. The molecule has 1 heterocycles. The molecule has 0 atom stereocenters. The Bertz CT molecular complexity index is 1260. The van der Waals surface area contributed by atoms with Gasteiger partial charge in [0.2, 0.25) is 0 Å². The van der Waals surface area contributed by atoms with Crippen molar-refractivity contribution in [2.45, 2.75) is 6.54 Å². The summed E-state index contributed by atoms with van der Waals surface area (Å²) in [6.07, 6.45) is 0. The van der Waals surface area contributed by atoms with Gasteiger partial charge in [0.15, 0.2) is 6.61 Å². The van der Waals surface area contributed by atoms with Gasteiger partial charge >= 0.3 is 0 Å². The minimum absolute atomic E-state index is 0.153. The SMILES string of the molecule is O=C(COc1ccc(Br)cc1-c1nc2ccccc2c(=O)[nH]1)NCc1ccccc1. The van der Waals surface area contributed by atoms with Crippen LogP contribution in [0, 0.1) is 0 Å². The number of para-hydroxylation sites is 1. The highest BCUT2D eigenvalue weighted by molar-refractivity contribution is 9.10. The van der Waals surface area contributed by atoms with Crippen LogP contribution < -0.4 is 15.6 Å². The molecule has 0 saturated heterocycles. The van der Waals surface area contributed by atoms with Gasteiger partial charge in [0, 0.05) is 11.0 Å². The minimum atomic E-state index is -0.243. The Kier molecular flexibility index (Phi) is 5.90. The second-order valence-electron chi connectivity index (χ2n) is 6.62. The summed E-state index contributed by atoms with van der Waals surface area (Å²) in [5.41, 5.74) is 1.95. The smallest absolute Gasteiger partial charge is 0.259 e. The number of aromatic amines is 1. The standard InChI is InChI=1S/C23H18BrN3O3/c24-16-10-11-20(30-14-21(28)25-13-15-6-2-1-3-7-15)18(12-16)22-26-19-9-5-4-8-17(19)23(29)27-22/h1-12H,13-14H2,(H,25,28)(H,26,27,29). The van der Waals surface area contributed by atoms with Crippen LogP contribution in [0.25, 0.3) is 22.3 Å². The molecule has 4 aromatic rings. The second-order valence-corrected chi connectivity index (χ2v) is 7.54. The molecule has 2 N–H and O–H groups in total. The lowest BCUT2D eigenvalue weighted by molar-refractivity contribution is -0.123. The molecule has 3 aromatic carbocycles. The summed E-state index contributed by atoms with van der Waals surface area (Å²) in [5, 5.41) is 3.34. The third-order valence-corrected chi connectivity index (χ3v) is 4.99. The molecule has 4 rings (SSSR count). The van der Waals surface area contributed by atoms with Crippen LogP contribution in [0.2, 0.25) is 0 Å². The van der Waals surface area contributed by atoms with Crippen LogP contribution in [0.1, 0.15) is 5.56 Å². The first kappa shape index (κ1) is 19.8. The molecule has 0 fully saturated rings. The molecular weight excluding hydrogens is 446 g/mol. The van der Waals surface area contributed by atoms with E-state index in [0.29, 0.717) is 34.6 Å². The lowest BCUT2D eigenvalue weighted by Gasteiger charge is -2.12. The van der Waals surface area contributed by atoms with Gasteiger partial charge in [-0.05, 0) is 35.9 Å². The molecule has 6 nitrogen and oxygen atoms in total. The van der Waals surface area contributed by atoms with Crippen molar-refractivity contribution in [3.63, 3.8) is 0 Å². The third kappa shape index (κ3) is 4.58. The number of hydrogen-bond acceptors (Lipinski definition) is 4.